The largest absolute Gasteiger partial charge is 0.491 e. The second-order valence-electron chi connectivity index (χ2n) is 3.91. The lowest BCUT2D eigenvalue weighted by Gasteiger charge is -2.09. The zero-order valence-corrected chi connectivity index (χ0v) is 11.2. The number of rotatable bonds is 9. The number of methoxy groups -OCH3 is 1. The average Bonchev–Trinajstić information content (AvgIpc) is 2.39. The molecule has 1 heterocycles. The fourth-order valence-corrected chi connectivity index (χ4v) is 1.40. The van der Waals surface area contributed by atoms with Crippen LogP contribution >= 0.6 is 0 Å². The Morgan fingerprint density at radius 2 is 2.05 bits per heavy atom. The highest BCUT2D eigenvalue weighted by molar-refractivity contribution is 5.88. The van der Waals surface area contributed by atoms with Crippen LogP contribution in [0.25, 0.3) is 0 Å². The maximum atomic E-state index is 11.0. The van der Waals surface area contributed by atoms with Gasteiger partial charge in [0.05, 0.1) is 19.8 Å². The number of aromatic nitrogens is 1. The molecular formula is C13H19NO5. The maximum absolute atomic E-state index is 11.0. The molecule has 0 aliphatic rings. The number of ether oxygens (including phenoxy) is 3. The van der Waals surface area contributed by atoms with Crippen molar-refractivity contribution < 1.29 is 24.1 Å². The van der Waals surface area contributed by atoms with Gasteiger partial charge in [-0.15, -0.1) is 0 Å². The van der Waals surface area contributed by atoms with E-state index in [0.717, 1.165) is 0 Å². The van der Waals surface area contributed by atoms with E-state index in [1.54, 1.807) is 26.2 Å². The van der Waals surface area contributed by atoms with Crippen molar-refractivity contribution in [3.63, 3.8) is 0 Å². The van der Waals surface area contributed by atoms with Crippen LogP contribution in [0.1, 0.15) is 22.6 Å². The lowest BCUT2D eigenvalue weighted by atomic mass is 10.3. The van der Waals surface area contributed by atoms with Crippen molar-refractivity contribution in [2.45, 2.75) is 13.3 Å². The molecule has 0 atom stereocenters. The molecule has 0 unspecified atom stereocenters. The third-order valence-corrected chi connectivity index (χ3v) is 2.32. The molecule has 0 saturated heterocycles. The summed E-state index contributed by atoms with van der Waals surface area (Å²) in [4.78, 5) is 14.9. The van der Waals surface area contributed by atoms with E-state index in [4.69, 9.17) is 19.3 Å². The summed E-state index contributed by atoms with van der Waals surface area (Å²) in [6.45, 7) is 3.78. The van der Waals surface area contributed by atoms with Crippen molar-refractivity contribution in [3.8, 4) is 5.75 Å². The Morgan fingerprint density at radius 1 is 1.26 bits per heavy atom. The summed E-state index contributed by atoms with van der Waals surface area (Å²) >= 11 is 0. The van der Waals surface area contributed by atoms with Gasteiger partial charge in [-0.2, -0.15) is 0 Å². The minimum absolute atomic E-state index is 0.0553. The van der Waals surface area contributed by atoms with Crippen molar-refractivity contribution in [2.75, 3.05) is 33.5 Å². The minimum Gasteiger partial charge on any atom is -0.491 e. The number of carbonyl (C=O) groups is 1. The second kappa shape index (κ2) is 8.44. The van der Waals surface area contributed by atoms with E-state index in [2.05, 4.69) is 4.98 Å². The Hall–Kier alpha value is -1.66. The molecule has 106 valence electrons. The van der Waals surface area contributed by atoms with Gasteiger partial charge in [-0.05, 0) is 19.1 Å². The van der Waals surface area contributed by atoms with Gasteiger partial charge in [-0.1, -0.05) is 0 Å². The lowest BCUT2D eigenvalue weighted by Crippen LogP contribution is -2.10. The number of carboxylic acid groups (broad SMARTS) is 1. The number of aromatic carboxylic acids is 1. The van der Waals surface area contributed by atoms with E-state index in [-0.39, 0.29) is 11.4 Å². The van der Waals surface area contributed by atoms with Gasteiger partial charge in [0.15, 0.2) is 11.4 Å². The molecule has 1 aromatic heterocycles. The molecule has 6 nitrogen and oxygen atoms in total. The van der Waals surface area contributed by atoms with Crippen LogP contribution in [0.15, 0.2) is 12.1 Å². The summed E-state index contributed by atoms with van der Waals surface area (Å²) in [5.41, 5.74) is 0.591. The first-order valence-corrected chi connectivity index (χ1v) is 6.05. The van der Waals surface area contributed by atoms with Crippen molar-refractivity contribution >= 4 is 5.97 Å². The minimum atomic E-state index is -1.09. The first-order chi connectivity index (χ1) is 9.15. The highest BCUT2D eigenvalue weighted by atomic mass is 16.5. The first kappa shape index (κ1) is 15.4. The molecular weight excluding hydrogens is 250 g/mol. The van der Waals surface area contributed by atoms with Crippen LogP contribution in [0.4, 0.5) is 0 Å². The van der Waals surface area contributed by atoms with Gasteiger partial charge in [0.25, 0.3) is 0 Å². The zero-order valence-electron chi connectivity index (χ0n) is 11.2. The van der Waals surface area contributed by atoms with Crippen LogP contribution in [-0.2, 0) is 9.47 Å². The summed E-state index contributed by atoms with van der Waals surface area (Å²) in [6.07, 6.45) is 0.677. The van der Waals surface area contributed by atoms with E-state index >= 15 is 0 Å². The predicted octanol–water partition coefficient (Wildman–Crippen LogP) is 1.52. The molecule has 0 radical (unpaired) electrons. The van der Waals surface area contributed by atoms with E-state index in [9.17, 15) is 4.79 Å². The van der Waals surface area contributed by atoms with Gasteiger partial charge in [0, 0.05) is 25.8 Å². The molecule has 0 bridgehead atoms. The molecule has 1 N–H and O–H groups in total. The number of nitrogens with zero attached hydrogens (tertiary/aromatic N) is 1. The zero-order chi connectivity index (χ0) is 14.1. The molecule has 0 saturated carbocycles. The van der Waals surface area contributed by atoms with Crippen molar-refractivity contribution in [1.82, 2.24) is 4.98 Å². The van der Waals surface area contributed by atoms with Gasteiger partial charge < -0.3 is 19.3 Å². The van der Waals surface area contributed by atoms with Crippen LogP contribution in [0, 0.1) is 6.92 Å². The van der Waals surface area contributed by atoms with Crippen molar-refractivity contribution in [3.05, 3.63) is 23.5 Å². The SMILES string of the molecule is COCCOCCCOc1ccc(C)nc1C(=O)O. The molecule has 6 heteroatoms. The topological polar surface area (TPSA) is 77.9 Å². The number of aryl methyl sites for hydroxylation is 1. The normalized spacial score (nSPS) is 10.4. The number of pyridine rings is 1. The van der Waals surface area contributed by atoms with E-state index in [1.807, 2.05) is 0 Å². The Labute approximate surface area is 112 Å². The third kappa shape index (κ3) is 5.67. The highest BCUT2D eigenvalue weighted by Crippen LogP contribution is 2.17. The van der Waals surface area contributed by atoms with Crippen LogP contribution in [0.3, 0.4) is 0 Å². The summed E-state index contributed by atoms with van der Waals surface area (Å²) < 4.78 is 15.5. The van der Waals surface area contributed by atoms with E-state index < -0.39 is 5.97 Å². The monoisotopic (exact) mass is 269 g/mol. The fraction of sp³-hybridized carbons (Fsp3) is 0.538. The Balaban J connectivity index is 2.35. The standard InChI is InChI=1S/C13H19NO5/c1-10-4-5-11(12(14-10)13(15)16)19-7-3-6-18-9-8-17-2/h4-5H,3,6-9H2,1-2H3,(H,15,16). The van der Waals surface area contributed by atoms with Gasteiger partial charge in [-0.3, -0.25) is 0 Å². The molecule has 1 aromatic rings. The number of hydrogen-bond acceptors (Lipinski definition) is 5. The Bertz CT molecular complexity index is 408. The smallest absolute Gasteiger partial charge is 0.358 e. The molecule has 0 spiro atoms. The Morgan fingerprint density at radius 3 is 2.74 bits per heavy atom. The molecule has 0 aliphatic carbocycles. The number of carboxylic acids is 1. The maximum Gasteiger partial charge on any atom is 0.358 e. The van der Waals surface area contributed by atoms with Crippen LogP contribution in [0.2, 0.25) is 0 Å². The molecule has 19 heavy (non-hydrogen) atoms. The third-order valence-electron chi connectivity index (χ3n) is 2.32. The van der Waals surface area contributed by atoms with Gasteiger partial charge in [0.2, 0.25) is 0 Å². The van der Waals surface area contributed by atoms with Gasteiger partial charge >= 0.3 is 5.97 Å². The molecule has 1 rings (SSSR count). The van der Waals surface area contributed by atoms with Crippen LogP contribution < -0.4 is 4.74 Å². The Kier molecular flexibility index (Phi) is 6.84. The highest BCUT2D eigenvalue weighted by Gasteiger charge is 2.13. The summed E-state index contributed by atoms with van der Waals surface area (Å²) in [5, 5.41) is 9.01. The second-order valence-corrected chi connectivity index (χ2v) is 3.91. The molecule has 0 fully saturated rings. The van der Waals surface area contributed by atoms with Crippen molar-refractivity contribution in [1.29, 1.82) is 0 Å². The van der Waals surface area contributed by atoms with Gasteiger partial charge in [0.1, 0.15) is 0 Å². The fourth-order valence-electron chi connectivity index (χ4n) is 1.40. The molecule has 0 amide bonds. The summed E-state index contributed by atoms with van der Waals surface area (Å²) in [5.74, 6) is -0.801. The first-order valence-electron chi connectivity index (χ1n) is 6.05. The van der Waals surface area contributed by atoms with E-state index in [1.165, 1.54) is 0 Å². The summed E-state index contributed by atoms with van der Waals surface area (Å²) in [7, 11) is 1.62. The van der Waals surface area contributed by atoms with Crippen LogP contribution in [0.5, 0.6) is 5.75 Å². The molecule has 0 aliphatic heterocycles. The summed E-state index contributed by atoms with van der Waals surface area (Å²) in [6, 6.07) is 3.34. The van der Waals surface area contributed by atoms with Crippen LogP contribution in [-0.4, -0.2) is 49.6 Å². The predicted molar refractivity (Wildman–Crippen MR) is 68.7 cm³/mol. The van der Waals surface area contributed by atoms with Gasteiger partial charge in [-0.25, -0.2) is 9.78 Å². The van der Waals surface area contributed by atoms with Crippen molar-refractivity contribution in [2.24, 2.45) is 0 Å². The lowest BCUT2D eigenvalue weighted by molar-refractivity contribution is 0.0635. The van der Waals surface area contributed by atoms with E-state index in [0.29, 0.717) is 38.5 Å². The number of hydrogen-bond donors (Lipinski definition) is 1. The molecule has 0 aromatic carbocycles. The average molecular weight is 269 g/mol. The quantitative estimate of drug-likeness (QED) is 0.685.